The molecule has 0 saturated carbocycles. The number of esters is 1. The first-order valence-electron chi connectivity index (χ1n) is 6.65. The summed E-state index contributed by atoms with van der Waals surface area (Å²) in [6.07, 6.45) is 0. The van der Waals surface area contributed by atoms with Crippen molar-refractivity contribution in [3.8, 4) is 0 Å². The molecule has 22 heavy (non-hydrogen) atoms. The van der Waals surface area contributed by atoms with Crippen LogP contribution >= 0.6 is 0 Å². The maximum Gasteiger partial charge on any atom is 0.337 e. The Balaban J connectivity index is 1.95. The molecule has 2 N–H and O–H groups in total. The molecule has 0 radical (unpaired) electrons. The summed E-state index contributed by atoms with van der Waals surface area (Å²) in [5.74, 6) is -0.522. The van der Waals surface area contributed by atoms with Gasteiger partial charge < -0.3 is 15.4 Å². The minimum atomic E-state index is -3.14. The van der Waals surface area contributed by atoms with E-state index in [0.717, 1.165) is 0 Å². The smallest absolute Gasteiger partial charge is 0.337 e. The molecule has 1 fully saturated rings. The number of ether oxygens (including phenoxy) is 1. The number of hydrogen-bond donors (Lipinski definition) is 2. The standard InChI is InChI=1S/C14H18N2O5S/c1-14(2)11(8-22(14,19)20)16-13(18)15-10-6-4-9(5-7-10)12(17)21-3/h4-7,11H,8H2,1-3H3,(H2,15,16,18)/t11-/m0/s1. The first-order valence-corrected chi connectivity index (χ1v) is 8.31. The normalized spacial score (nSPS) is 21.3. The highest BCUT2D eigenvalue weighted by molar-refractivity contribution is 7.94. The number of amides is 2. The molecule has 2 rings (SSSR count). The molecular weight excluding hydrogens is 308 g/mol. The molecule has 2 amide bonds. The van der Waals surface area contributed by atoms with Crippen LogP contribution in [-0.4, -0.2) is 44.1 Å². The number of methoxy groups -OCH3 is 1. The number of urea groups is 1. The average Bonchev–Trinajstić information content (AvgIpc) is 2.46. The molecule has 7 nitrogen and oxygen atoms in total. The van der Waals surface area contributed by atoms with Crippen molar-refractivity contribution in [1.29, 1.82) is 0 Å². The second-order valence-corrected chi connectivity index (χ2v) is 8.22. The SMILES string of the molecule is COC(=O)c1ccc(NC(=O)N[C@H]2CS(=O)(=O)C2(C)C)cc1. The van der Waals surface area contributed by atoms with E-state index in [4.69, 9.17) is 0 Å². The lowest BCUT2D eigenvalue weighted by molar-refractivity contribution is 0.0600. The zero-order chi connectivity index (χ0) is 16.5. The molecule has 0 unspecified atom stereocenters. The Morgan fingerprint density at radius 2 is 1.82 bits per heavy atom. The van der Waals surface area contributed by atoms with E-state index in [0.29, 0.717) is 11.3 Å². The molecule has 0 spiro atoms. The number of carbonyl (C=O) groups is 2. The third-order valence-electron chi connectivity index (χ3n) is 3.90. The molecule has 1 saturated heterocycles. The van der Waals surface area contributed by atoms with Gasteiger partial charge in [-0.3, -0.25) is 0 Å². The van der Waals surface area contributed by atoms with Crippen LogP contribution in [0.4, 0.5) is 10.5 Å². The van der Waals surface area contributed by atoms with E-state index in [1.807, 2.05) is 0 Å². The van der Waals surface area contributed by atoms with Gasteiger partial charge >= 0.3 is 12.0 Å². The fraction of sp³-hybridized carbons (Fsp3) is 0.429. The second kappa shape index (κ2) is 5.60. The number of benzene rings is 1. The fourth-order valence-corrected chi connectivity index (χ4v) is 3.75. The lowest BCUT2D eigenvalue weighted by atomic mass is 10.0. The van der Waals surface area contributed by atoms with Crippen molar-refractivity contribution in [3.05, 3.63) is 29.8 Å². The summed E-state index contributed by atoms with van der Waals surface area (Å²) >= 11 is 0. The molecule has 8 heteroatoms. The van der Waals surface area contributed by atoms with Gasteiger partial charge in [0.25, 0.3) is 0 Å². The largest absolute Gasteiger partial charge is 0.465 e. The predicted molar refractivity (Wildman–Crippen MR) is 81.6 cm³/mol. The highest BCUT2D eigenvalue weighted by Gasteiger charge is 2.54. The van der Waals surface area contributed by atoms with E-state index in [1.54, 1.807) is 26.0 Å². The minimum Gasteiger partial charge on any atom is -0.465 e. The van der Waals surface area contributed by atoms with E-state index in [2.05, 4.69) is 15.4 Å². The third-order valence-corrected chi connectivity index (χ3v) is 6.56. The zero-order valence-electron chi connectivity index (χ0n) is 12.5. The summed E-state index contributed by atoms with van der Waals surface area (Å²) in [5, 5.41) is 5.23. The maximum absolute atomic E-state index is 11.9. The van der Waals surface area contributed by atoms with E-state index in [9.17, 15) is 18.0 Å². The highest BCUT2D eigenvalue weighted by Crippen LogP contribution is 2.33. The van der Waals surface area contributed by atoms with Gasteiger partial charge in [0.05, 0.1) is 29.2 Å². The average molecular weight is 326 g/mol. The van der Waals surface area contributed by atoms with Gasteiger partial charge in [-0.05, 0) is 38.1 Å². The van der Waals surface area contributed by atoms with Gasteiger partial charge in [-0.25, -0.2) is 18.0 Å². The molecule has 1 aliphatic rings. The van der Waals surface area contributed by atoms with Crippen LogP contribution in [0, 0.1) is 0 Å². The molecule has 1 aliphatic heterocycles. The molecule has 1 aromatic rings. The molecule has 0 bridgehead atoms. The van der Waals surface area contributed by atoms with Crippen molar-refractivity contribution in [3.63, 3.8) is 0 Å². The molecule has 1 aromatic carbocycles. The van der Waals surface area contributed by atoms with Crippen molar-refractivity contribution in [1.82, 2.24) is 5.32 Å². The van der Waals surface area contributed by atoms with Crippen LogP contribution in [0.3, 0.4) is 0 Å². The Kier molecular flexibility index (Phi) is 4.15. The van der Waals surface area contributed by atoms with Crippen molar-refractivity contribution in [2.75, 3.05) is 18.2 Å². The summed E-state index contributed by atoms with van der Waals surface area (Å²) in [6.45, 7) is 3.17. The first kappa shape index (κ1) is 16.3. The minimum absolute atomic E-state index is 0.0608. The Hall–Kier alpha value is -2.09. The fourth-order valence-electron chi connectivity index (χ4n) is 2.10. The second-order valence-electron chi connectivity index (χ2n) is 5.60. The Morgan fingerprint density at radius 3 is 2.27 bits per heavy atom. The van der Waals surface area contributed by atoms with Gasteiger partial charge in [0.15, 0.2) is 9.84 Å². The number of sulfone groups is 1. The topological polar surface area (TPSA) is 102 Å². The monoisotopic (exact) mass is 326 g/mol. The molecule has 0 aliphatic carbocycles. The summed E-state index contributed by atoms with van der Waals surface area (Å²) in [7, 11) is -1.85. The van der Waals surface area contributed by atoms with Gasteiger partial charge in [-0.15, -0.1) is 0 Å². The highest BCUT2D eigenvalue weighted by atomic mass is 32.2. The van der Waals surface area contributed by atoms with Crippen LogP contribution in [0.1, 0.15) is 24.2 Å². The molecule has 120 valence electrons. The van der Waals surface area contributed by atoms with E-state index in [1.165, 1.54) is 19.2 Å². The number of rotatable bonds is 3. The summed E-state index contributed by atoms with van der Waals surface area (Å²) < 4.78 is 26.8. The van der Waals surface area contributed by atoms with Crippen molar-refractivity contribution in [2.45, 2.75) is 24.6 Å². The third kappa shape index (κ3) is 2.92. The van der Waals surface area contributed by atoms with Crippen LogP contribution in [0.5, 0.6) is 0 Å². The number of hydrogen-bond acceptors (Lipinski definition) is 5. The Morgan fingerprint density at radius 1 is 1.23 bits per heavy atom. The lowest BCUT2D eigenvalue weighted by Crippen LogP contribution is -2.67. The zero-order valence-corrected chi connectivity index (χ0v) is 13.4. The van der Waals surface area contributed by atoms with Gasteiger partial charge in [0, 0.05) is 5.69 Å². The number of anilines is 1. The lowest BCUT2D eigenvalue weighted by Gasteiger charge is -2.43. The van der Waals surface area contributed by atoms with E-state index in [-0.39, 0.29) is 5.75 Å². The molecule has 1 atom stereocenters. The van der Waals surface area contributed by atoms with Crippen LogP contribution in [-0.2, 0) is 14.6 Å². The number of carbonyl (C=O) groups excluding carboxylic acids is 2. The van der Waals surface area contributed by atoms with Crippen molar-refractivity contribution in [2.24, 2.45) is 0 Å². The van der Waals surface area contributed by atoms with Crippen molar-refractivity contribution >= 4 is 27.5 Å². The summed E-state index contributed by atoms with van der Waals surface area (Å²) in [4.78, 5) is 23.2. The number of nitrogens with one attached hydrogen (secondary N) is 2. The molecule has 0 aromatic heterocycles. The first-order chi connectivity index (χ1) is 10.2. The Bertz CT molecular complexity index is 694. The Labute approximate surface area is 129 Å². The van der Waals surface area contributed by atoms with Gasteiger partial charge in [-0.2, -0.15) is 0 Å². The quantitative estimate of drug-likeness (QED) is 0.812. The van der Waals surface area contributed by atoms with Crippen LogP contribution in [0.25, 0.3) is 0 Å². The van der Waals surface area contributed by atoms with Crippen molar-refractivity contribution < 1.29 is 22.7 Å². The summed E-state index contributed by atoms with van der Waals surface area (Å²) in [6, 6.07) is 5.27. The van der Waals surface area contributed by atoms with Gasteiger partial charge in [0.1, 0.15) is 0 Å². The maximum atomic E-state index is 11.9. The van der Waals surface area contributed by atoms with Gasteiger partial charge in [0.2, 0.25) is 0 Å². The van der Waals surface area contributed by atoms with Crippen LogP contribution < -0.4 is 10.6 Å². The van der Waals surface area contributed by atoms with Crippen LogP contribution in [0.15, 0.2) is 24.3 Å². The van der Waals surface area contributed by atoms with Gasteiger partial charge in [-0.1, -0.05) is 0 Å². The van der Waals surface area contributed by atoms with E-state index < -0.39 is 32.6 Å². The molecule has 1 heterocycles. The summed E-state index contributed by atoms with van der Waals surface area (Å²) in [5.41, 5.74) is 0.866. The predicted octanol–water partition coefficient (Wildman–Crippen LogP) is 1.17. The molecular formula is C14H18N2O5S. The van der Waals surface area contributed by atoms with E-state index >= 15 is 0 Å². The van der Waals surface area contributed by atoms with Crippen LogP contribution in [0.2, 0.25) is 0 Å².